The monoisotopic (exact) mass is 330 g/mol. The van der Waals surface area contributed by atoms with Crippen molar-refractivity contribution in [1.29, 1.82) is 0 Å². The predicted molar refractivity (Wildman–Crippen MR) is 92.6 cm³/mol. The van der Waals surface area contributed by atoms with E-state index >= 15 is 0 Å². The van der Waals surface area contributed by atoms with Crippen LogP contribution in [0.5, 0.6) is 5.75 Å². The van der Waals surface area contributed by atoms with Crippen LogP contribution in [0.15, 0.2) is 24.3 Å². The van der Waals surface area contributed by atoms with Gasteiger partial charge in [-0.1, -0.05) is 6.92 Å². The van der Waals surface area contributed by atoms with Crippen LogP contribution >= 0.6 is 0 Å². The number of hydrogen-bond acceptors (Lipinski definition) is 5. The summed E-state index contributed by atoms with van der Waals surface area (Å²) in [5.74, 6) is 0.137. The van der Waals surface area contributed by atoms with E-state index in [4.69, 9.17) is 0 Å². The van der Waals surface area contributed by atoms with Gasteiger partial charge in [-0.15, -0.1) is 10.2 Å². The molecule has 6 heteroatoms. The highest BCUT2D eigenvalue weighted by Crippen LogP contribution is 2.30. The molecule has 2 heterocycles. The van der Waals surface area contributed by atoms with Crippen LogP contribution in [-0.2, 0) is 0 Å². The number of nitrogens with zero attached hydrogens (tertiary/aromatic N) is 3. The number of benzene rings is 1. The highest BCUT2D eigenvalue weighted by atomic mass is 19.1. The van der Waals surface area contributed by atoms with Crippen LogP contribution in [-0.4, -0.2) is 45.9 Å². The molecule has 1 aromatic carbocycles. The first kappa shape index (κ1) is 16.6. The molecule has 128 valence electrons. The summed E-state index contributed by atoms with van der Waals surface area (Å²) in [6, 6.07) is 6.22. The van der Waals surface area contributed by atoms with E-state index in [1.807, 2.05) is 13.0 Å². The van der Waals surface area contributed by atoms with E-state index in [1.165, 1.54) is 18.6 Å². The number of aryl methyl sites for hydroxylation is 1. The van der Waals surface area contributed by atoms with Crippen LogP contribution < -0.4 is 5.32 Å². The van der Waals surface area contributed by atoms with Crippen molar-refractivity contribution in [3.8, 4) is 17.0 Å². The molecule has 0 spiro atoms. The number of likely N-dealkylation sites (tertiary alicyclic amines) is 1. The molecule has 5 nitrogen and oxygen atoms in total. The van der Waals surface area contributed by atoms with Crippen molar-refractivity contribution in [3.63, 3.8) is 0 Å². The number of rotatable bonds is 4. The van der Waals surface area contributed by atoms with Gasteiger partial charge in [0, 0.05) is 24.2 Å². The molecular weight excluding hydrogens is 307 g/mol. The number of aromatic nitrogens is 2. The fraction of sp³-hybridized carbons (Fsp3) is 0.444. The molecule has 1 fully saturated rings. The largest absolute Gasteiger partial charge is 0.507 e. The van der Waals surface area contributed by atoms with E-state index in [2.05, 4.69) is 27.3 Å². The molecule has 0 aliphatic carbocycles. The molecule has 0 unspecified atom stereocenters. The summed E-state index contributed by atoms with van der Waals surface area (Å²) in [6.45, 7) is 7.32. The summed E-state index contributed by atoms with van der Waals surface area (Å²) in [5, 5.41) is 21.9. The lowest BCUT2D eigenvalue weighted by Gasteiger charge is -2.32. The number of phenols is 1. The van der Waals surface area contributed by atoms with Gasteiger partial charge in [-0.2, -0.15) is 0 Å². The highest BCUT2D eigenvalue weighted by molar-refractivity contribution is 5.69. The van der Waals surface area contributed by atoms with Gasteiger partial charge in [0.25, 0.3) is 0 Å². The van der Waals surface area contributed by atoms with Gasteiger partial charge >= 0.3 is 0 Å². The zero-order valence-corrected chi connectivity index (χ0v) is 14.1. The summed E-state index contributed by atoms with van der Waals surface area (Å²) < 4.78 is 13.1. The molecule has 2 aromatic rings. The SMILES string of the molecule is CCN1CCC[C@@H](Nc2cc(C)c(-c3ccc(F)cc3O)nn2)C1. The number of piperidine rings is 1. The fourth-order valence-corrected chi connectivity index (χ4v) is 3.20. The highest BCUT2D eigenvalue weighted by Gasteiger charge is 2.19. The second-order valence-electron chi connectivity index (χ2n) is 6.30. The van der Waals surface area contributed by atoms with Gasteiger partial charge in [-0.05, 0) is 56.6 Å². The van der Waals surface area contributed by atoms with Crippen molar-refractivity contribution in [2.24, 2.45) is 0 Å². The minimum absolute atomic E-state index is 0.126. The van der Waals surface area contributed by atoms with Gasteiger partial charge in [0.2, 0.25) is 0 Å². The van der Waals surface area contributed by atoms with Crippen molar-refractivity contribution in [1.82, 2.24) is 15.1 Å². The number of likely N-dealkylation sites (N-methyl/N-ethyl adjacent to an activating group) is 1. The number of hydrogen-bond donors (Lipinski definition) is 2. The molecule has 3 rings (SSSR count). The van der Waals surface area contributed by atoms with Crippen LogP contribution in [0.2, 0.25) is 0 Å². The molecule has 24 heavy (non-hydrogen) atoms. The van der Waals surface area contributed by atoms with E-state index in [0.717, 1.165) is 43.5 Å². The second kappa shape index (κ2) is 7.13. The van der Waals surface area contributed by atoms with Gasteiger partial charge in [0.15, 0.2) is 0 Å². The summed E-state index contributed by atoms with van der Waals surface area (Å²) >= 11 is 0. The number of nitrogens with one attached hydrogen (secondary N) is 1. The molecule has 1 aromatic heterocycles. The van der Waals surface area contributed by atoms with Gasteiger partial charge < -0.3 is 15.3 Å². The van der Waals surface area contributed by atoms with Crippen molar-refractivity contribution < 1.29 is 9.50 Å². The smallest absolute Gasteiger partial charge is 0.149 e. The molecule has 1 aliphatic rings. The maximum Gasteiger partial charge on any atom is 0.149 e. The minimum atomic E-state index is -0.474. The fourth-order valence-electron chi connectivity index (χ4n) is 3.20. The Morgan fingerprint density at radius 3 is 2.88 bits per heavy atom. The van der Waals surface area contributed by atoms with Crippen molar-refractivity contribution >= 4 is 5.82 Å². The molecule has 0 saturated carbocycles. The molecule has 0 radical (unpaired) electrons. The van der Waals surface area contributed by atoms with Gasteiger partial charge in [0.1, 0.15) is 17.4 Å². The van der Waals surface area contributed by atoms with Crippen LogP contribution in [0.1, 0.15) is 25.3 Å². The lowest BCUT2D eigenvalue weighted by atomic mass is 10.0. The number of halogens is 1. The molecule has 1 atom stereocenters. The quantitative estimate of drug-likeness (QED) is 0.901. The standard InChI is InChI=1S/C18H23FN4O/c1-3-23-8-4-5-14(11-23)20-17-9-12(2)18(22-21-17)15-7-6-13(19)10-16(15)24/h6-7,9-10,14,24H,3-5,8,11H2,1-2H3,(H,20,21)/t14-/m1/s1. The Bertz CT molecular complexity index is 722. The minimum Gasteiger partial charge on any atom is -0.507 e. The maximum atomic E-state index is 13.1. The van der Waals surface area contributed by atoms with Crippen molar-refractivity contribution in [3.05, 3.63) is 35.6 Å². The Morgan fingerprint density at radius 2 is 2.17 bits per heavy atom. The van der Waals surface area contributed by atoms with Gasteiger partial charge in [-0.3, -0.25) is 0 Å². The van der Waals surface area contributed by atoms with E-state index in [-0.39, 0.29) is 5.75 Å². The normalized spacial score (nSPS) is 18.5. The van der Waals surface area contributed by atoms with Crippen LogP contribution in [0.3, 0.4) is 0 Å². The van der Waals surface area contributed by atoms with Crippen molar-refractivity contribution in [2.45, 2.75) is 32.7 Å². The Kier molecular flexibility index (Phi) is 4.94. The average Bonchev–Trinajstić information content (AvgIpc) is 2.56. The summed E-state index contributed by atoms with van der Waals surface area (Å²) in [7, 11) is 0. The van der Waals surface area contributed by atoms with E-state index in [9.17, 15) is 9.50 Å². The summed E-state index contributed by atoms with van der Waals surface area (Å²) in [4.78, 5) is 2.42. The lowest BCUT2D eigenvalue weighted by Crippen LogP contribution is -2.42. The third kappa shape index (κ3) is 3.64. The van der Waals surface area contributed by atoms with E-state index in [0.29, 0.717) is 17.3 Å². The van der Waals surface area contributed by atoms with Crippen molar-refractivity contribution in [2.75, 3.05) is 25.0 Å². The van der Waals surface area contributed by atoms with Crippen LogP contribution in [0, 0.1) is 12.7 Å². The van der Waals surface area contributed by atoms with Gasteiger partial charge in [0.05, 0.1) is 5.69 Å². The van der Waals surface area contributed by atoms with E-state index < -0.39 is 5.82 Å². The topological polar surface area (TPSA) is 61.3 Å². The lowest BCUT2D eigenvalue weighted by molar-refractivity contribution is 0.226. The molecular formula is C18H23FN4O. The number of anilines is 1. The Labute approximate surface area is 141 Å². The van der Waals surface area contributed by atoms with Gasteiger partial charge in [-0.25, -0.2) is 4.39 Å². The molecule has 1 saturated heterocycles. The molecule has 1 aliphatic heterocycles. The molecule has 0 bridgehead atoms. The third-order valence-electron chi connectivity index (χ3n) is 4.50. The number of aromatic hydroxyl groups is 1. The zero-order valence-electron chi connectivity index (χ0n) is 14.1. The first-order chi connectivity index (χ1) is 11.6. The third-order valence-corrected chi connectivity index (χ3v) is 4.50. The molecule has 2 N–H and O–H groups in total. The Hall–Kier alpha value is -2.21. The zero-order chi connectivity index (χ0) is 17.1. The molecule has 0 amide bonds. The van der Waals surface area contributed by atoms with E-state index in [1.54, 1.807) is 0 Å². The second-order valence-corrected chi connectivity index (χ2v) is 6.30. The number of phenolic OH excluding ortho intramolecular Hbond substituents is 1. The summed E-state index contributed by atoms with van der Waals surface area (Å²) in [6.07, 6.45) is 2.30. The van der Waals surface area contributed by atoms with Crippen LogP contribution in [0.25, 0.3) is 11.3 Å². The predicted octanol–water partition coefficient (Wildman–Crippen LogP) is 3.19. The average molecular weight is 330 g/mol. The summed E-state index contributed by atoms with van der Waals surface area (Å²) in [5.41, 5.74) is 1.94. The maximum absolute atomic E-state index is 13.1. The Balaban J connectivity index is 1.77. The Morgan fingerprint density at radius 1 is 1.33 bits per heavy atom. The first-order valence-electron chi connectivity index (χ1n) is 8.39. The first-order valence-corrected chi connectivity index (χ1v) is 8.39. The van der Waals surface area contributed by atoms with Crippen LogP contribution in [0.4, 0.5) is 10.2 Å².